The van der Waals surface area contributed by atoms with Crippen molar-refractivity contribution in [3.8, 4) is 17.2 Å². The predicted molar refractivity (Wildman–Crippen MR) is 172 cm³/mol. The summed E-state index contributed by atoms with van der Waals surface area (Å²) >= 11 is 0. The van der Waals surface area contributed by atoms with Crippen molar-refractivity contribution in [1.82, 2.24) is 0 Å². The van der Waals surface area contributed by atoms with Crippen LogP contribution in [-0.2, 0) is 4.57 Å². The first kappa shape index (κ1) is 26.9. The van der Waals surface area contributed by atoms with Gasteiger partial charge in [-0.3, -0.25) is 0 Å². The SMILES string of the molecule is CCOc1ccc2ccccc2c1P(=O)(c1c(OCC)ccc2ccccc12)c1c(OCC)ccc2ccccc12. The largest absolute Gasteiger partial charge is 0.493 e. The Kier molecular flexibility index (Phi) is 7.43. The Morgan fingerprint density at radius 3 is 1.02 bits per heavy atom. The number of benzene rings is 6. The fourth-order valence-corrected chi connectivity index (χ4v) is 9.48. The lowest BCUT2D eigenvalue weighted by Crippen LogP contribution is -2.30. The Morgan fingerprint density at radius 1 is 0.439 bits per heavy atom. The van der Waals surface area contributed by atoms with Crippen LogP contribution in [0.4, 0.5) is 0 Å². The van der Waals surface area contributed by atoms with Crippen LogP contribution >= 0.6 is 7.14 Å². The summed E-state index contributed by atoms with van der Waals surface area (Å²) in [5.74, 6) is 1.79. The second kappa shape index (κ2) is 11.3. The predicted octanol–water partition coefficient (Wildman–Crippen LogP) is 7.98. The number of rotatable bonds is 9. The molecule has 0 aliphatic rings. The number of hydrogen-bond acceptors (Lipinski definition) is 4. The molecule has 5 heteroatoms. The van der Waals surface area contributed by atoms with Crippen molar-refractivity contribution in [2.45, 2.75) is 20.8 Å². The van der Waals surface area contributed by atoms with Crippen LogP contribution in [-0.4, -0.2) is 19.8 Å². The van der Waals surface area contributed by atoms with E-state index < -0.39 is 7.14 Å². The van der Waals surface area contributed by atoms with Gasteiger partial charge in [0.15, 0.2) is 7.14 Å². The van der Waals surface area contributed by atoms with Crippen molar-refractivity contribution < 1.29 is 18.8 Å². The summed E-state index contributed by atoms with van der Waals surface area (Å²) in [5, 5.41) is 7.59. The van der Waals surface area contributed by atoms with Crippen molar-refractivity contribution in [2.75, 3.05) is 19.8 Å². The monoisotopic (exact) mass is 560 g/mol. The van der Waals surface area contributed by atoms with E-state index in [0.717, 1.165) is 32.3 Å². The standard InChI is InChI=1S/C36H33O4P/c1-4-38-31-22-19-25-13-7-10-16-28(25)34(31)41(37,35-29-17-11-8-14-26(29)20-23-32(35)39-5-2)36-30-18-12-9-15-27(30)21-24-33(36)40-6-3/h7-24H,4-6H2,1-3H3. The molecule has 0 aromatic heterocycles. The molecule has 0 spiro atoms. The van der Waals surface area contributed by atoms with Gasteiger partial charge in [-0.1, -0.05) is 91.0 Å². The molecule has 0 aliphatic heterocycles. The van der Waals surface area contributed by atoms with Crippen molar-refractivity contribution in [3.05, 3.63) is 109 Å². The van der Waals surface area contributed by atoms with Crippen LogP contribution in [0.1, 0.15) is 20.8 Å². The molecule has 0 heterocycles. The molecule has 41 heavy (non-hydrogen) atoms. The average molecular weight is 561 g/mol. The van der Waals surface area contributed by atoms with E-state index in [-0.39, 0.29) is 0 Å². The van der Waals surface area contributed by atoms with Gasteiger partial charge in [-0.25, -0.2) is 0 Å². The van der Waals surface area contributed by atoms with Gasteiger partial charge >= 0.3 is 0 Å². The Balaban J connectivity index is 1.91. The van der Waals surface area contributed by atoms with E-state index >= 15 is 4.57 Å². The van der Waals surface area contributed by atoms with Crippen molar-refractivity contribution in [2.24, 2.45) is 0 Å². The molecule has 206 valence electrons. The highest BCUT2D eigenvalue weighted by atomic mass is 31.2. The third-order valence-corrected chi connectivity index (χ3v) is 10.7. The van der Waals surface area contributed by atoms with Crippen LogP contribution in [0.25, 0.3) is 32.3 Å². The quantitative estimate of drug-likeness (QED) is 0.168. The number of fused-ring (bicyclic) bond motifs is 3. The maximum Gasteiger partial charge on any atom is 0.183 e. The molecule has 0 N–H and O–H groups in total. The molecule has 6 aromatic carbocycles. The maximum absolute atomic E-state index is 16.9. The molecular formula is C36H33O4P. The first-order valence-corrected chi connectivity index (χ1v) is 15.9. The molecule has 4 nitrogen and oxygen atoms in total. The molecule has 0 radical (unpaired) electrons. The Morgan fingerprint density at radius 2 is 0.732 bits per heavy atom. The van der Waals surface area contributed by atoms with Gasteiger partial charge in [0.2, 0.25) is 0 Å². The molecule has 6 aromatic rings. The normalized spacial score (nSPS) is 11.7. The van der Waals surface area contributed by atoms with Crippen molar-refractivity contribution in [1.29, 1.82) is 0 Å². The summed E-state index contributed by atoms with van der Waals surface area (Å²) in [7, 11) is -3.79. The minimum absolute atomic E-state index is 0.438. The molecule has 0 saturated carbocycles. The maximum atomic E-state index is 16.9. The van der Waals surface area contributed by atoms with Crippen LogP contribution in [0, 0.1) is 0 Å². The third-order valence-electron chi connectivity index (χ3n) is 7.43. The van der Waals surface area contributed by atoms with Gasteiger partial charge in [0.25, 0.3) is 0 Å². The molecule has 0 aliphatic carbocycles. The Hall–Kier alpha value is -4.27. The summed E-state index contributed by atoms with van der Waals surface area (Å²) < 4.78 is 35.8. The van der Waals surface area contributed by atoms with Crippen LogP contribution in [0.2, 0.25) is 0 Å². The minimum Gasteiger partial charge on any atom is -0.493 e. The summed E-state index contributed by atoms with van der Waals surface area (Å²) in [6.45, 7) is 7.18. The zero-order valence-electron chi connectivity index (χ0n) is 23.6. The molecule has 0 unspecified atom stereocenters. The zero-order valence-corrected chi connectivity index (χ0v) is 24.5. The van der Waals surface area contributed by atoms with E-state index in [2.05, 4.69) is 18.2 Å². The highest BCUT2D eigenvalue weighted by molar-refractivity contribution is 7.87. The molecule has 0 atom stereocenters. The Labute approximate surface area is 240 Å². The van der Waals surface area contributed by atoms with E-state index in [1.165, 1.54) is 0 Å². The van der Waals surface area contributed by atoms with Gasteiger partial charge < -0.3 is 18.8 Å². The first-order valence-electron chi connectivity index (χ1n) is 14.2. The summed E-state index contributed by atoms with van der Waals surface area (Å²) in [6.07, 6.45) is 0. The lowest BCUT2D eigenvalue weighted by Gasteiger charge is -2.29. The Bertz CT molecular complexity index is 1710. The van der Waals surface area contributed by atoms with E-state index in [0.29, 0.717) is 53.0 Å². The zero-order chi connectivity index (χ0) is 28.4. The fraction of sp³-hybridized carbons (Fsp3) is 0.167. The summed E-state index contributed by atoms with van der Waals surface area (Å²) in [4.78, 5) is 0. The van der Waals surface area contributed by atoms with Gasteiger partial charge in [0, 0.05) is 0 Å². The molecule has 0 saturated heterocycles. The molecule has 6 rings (SSSR count). The second-order valence-electron chi connectivity index (χ2n) is 9.81. The summed E-state index contributed by atoms with van der Waals surface area (Å²) in [5.41, 5.74) is 0. The van der Waals surface area contributed by atoms with Gasteiger partial charge in [-0.05, 0) is 71.3 Å². The smallest absolute Gasteiger partial charge is 0.183 e. The average Bonchev–Trinajstić information content (AvgIpc) is 3.01. The molecular weight excluding hydrogens is 527 g/mol. The van der Waals surface area contributed by atoms with Gasteiger partial charge in [0.05, 0.1) is 35.7 Å². The number of hydrogen-bond donors (Lipinski definition) is 0. The lowest BCUT2D eigenvalue weighted by atomic mass is 10.1. The topological polar surface area (TPSA) is 44.8 Å². The number of ether oxygens (including phenoxy) is 3. The highest BCUT2D eigenvalue weighted by Crippen LogP contribution is 2.54. The van der Waals surface area contributed by atoms with E-state index in [4.69, 9.17) is 14.2 Å². The van der Waals surface area contributed by atoms with Crippen molar-refractivity contribution >= 4 is 55.4 Å². The van der Waals surface area contributed by atoms with Crippen molar-refractivity contribution in [3.63, 3.8) is 0 Å². The third kappa shape index (κ3) is 4.53. The van der Waals surface area contributed by atoms with Crippen LogP contribution < -0.4 is 30.1 Å². The molecule has 0 amide bonds. The van der Waals surface area contributed by atoms with Crippen LogP contribution in [0.15, 0.2) is 109 Å². The van der Waals surface area contributed by atoms with E-state index in [9.17, 15) is 0 Å². The van der Waals surface area contributed by atoms with Gasteiger partial charge in [-0.15, -0.1) is 0 Å². The molecule has 0 bridgehead atoms. The lowest BCUT2D eigenvalue weighted by molar-refractivity contribution is 0.342. The van der Waals surface area contributed by atoms with E-state index in [1.54, 1.807) is 0 Å². The second-order valence-corrected chi connectivity index (χ2v) is 12.4. The van der Waals surface area contributed by atoms with Crippen LogP contribution in [0.5, 0.6) is 17.2 Å². The minimum atomic E-state index is -3.79. The first-order chi connectivity index (χ1) is 20.1. The fourth-order valence-electron chi connectivity index (χ4n) is 5.83. The van der Waals surface area contributed by atoms with Crippen LogP contribution in [0.3, 0.4) is 0 Å². The van der Waals surface area contributed by atoms with Gasteiger partial charge in [0.1, 0.15) is 17.2 Å². The van der Waals surface area contributed by atoms with E-state index in [1.807, 2.05) is 112 Å². The van der Waals surface area contributed by atoms with Gasteiger partial charge in [-0.2, -0.15) is 0 Å². The summed E-state index contributed by atoms with van der Waals surface area (Å²) in [6, 6.07) is 36.2. The highest BCUT2D eigenvalue weighted by Gasteiger charge is 2.42. The molecule has 0 fully saturated rings.